The van der Waals surface area contributed by atoms with Crippen molar-refractivity contribution >= 4 is 28.8 Å². The summed E-state index contributed by atoms with van der Waals surface area (Å²) in [6, 6.07) is 8.11. The predicted octanol–water partition coefficient (Wildman–Crippen LogP) is 4.56. The zero-order valence-electron chi connectivity index (χ0n) is 15.1. The predicted molar refractivity (Wildman–Crippen MR) is 107 cm³/mol. The first-order valence-electron chi connectivity index (χ1n) is 8.50. The molecule has 2 N–H and O–H groups in total. The lowest BCUT2D eigenvalue weighted by molar-refractivity contribution is 0.424. The van der Waals surface area contributed by atoms with Gasteiger partial charge in [0.05, 0.1) is 27.4 Å². The third-order valence-corrected chi connectivity index (χ3v) is 6.60. The van der Waals surface area contributed by atoms with E-state index in [1.54, 1.807) is 12.3 Å². The number of nitrogens with one attached hydrogen (secondary N) is 2. The summed E-state index contributed by atoms with van der Waals surface area (Å²) in [4.78, 5) is 10.4. The largest absolute Gasteiger partial charge is 0.359 e. The van der Waals surface area contributed by atoms with Gasteiger partial charge < -0.3 is 5.32 Å². The van der Waals surface area contributed by atoms with E-state index in [-0.39, 0.29) is 11.4 Å². The normalized spacial score (nSPS) is 18.3. The average molecular weight is 412 g/mol. The zero-order chi connectivity index (χ0) is 20.1. The summed E-state index contributed by atoms with van der Waals surface area (Å²) in [5, 5.41) is 21.2. The second-order valence-corrected chi connectivity index (χ2v) is 8.34. The number of aromatic nitrogens is 2. The number of nitriles is 1. The fourth-order valence-electron chi connectivity index (χ4n) is 3.37. The third-order valence-electron chi connectivity index (χ3n) is 4.74. The summed E-state index contributed by atoms with van der Waals surface area (Å²) in [5.74, 6) is 0.363. The third kappa shape index (κ3) is 3.05. The van der Waals surface area contributed by atoms with Crippen LogP contribution in [0.15, 0.2) is 30.5 Å². The number of aryl methyl sites for hydroxylation is 1. The highest BCUT2D eigenvalue weighted by Gasteiger charge is 2.38. The van der Waals surface area contributed by atoms with Crippen molar-refractivity contribution in [3.05, 3.63) is 68.8 Å². The van der Waals surface area contributed by atoms with Gasteiger partial charge in [-0.3, -0.25) is 5.41 Å². The monoisotopic (exact) mass is 411 g/mol. The highest BCUT2D eigenvalue weighted by Crippen LogP contribution is 2.43. The van der Waals surface area contributed by atoms with Crippen LogP contribution in [-0.4, -0.2) is 15.8 Å². The SMILES string of the molecule is Cc1ncc2c(n1)C[C@@](C)(c1sc(-c3ccc(F)c(C#N)c3)cc1Cl)NC2=N. The minimum atomic E-state index is -0.608. The van der Waals surface area contributed by atoms with Crippen LogP contribution >= 0.6 is 22.9 Å². The van der Waals surface area contributed by atoms with Gasteiger partial charge in [0.15, 0.2) is 0 Å². The summed E-state index contributed by atoms with van der Waals surface area (Å²) in [6.07, 6.45) is 2.22. The quantitative estimate of drug-likeness (QED) is 0.647. The molecule has 3 heterocycles. The number of fused-ring (bicyclic) bond motifs is 1. The molecule has 0 bridgehead atoms. The van der Waals surface area contributed by atoms with E-state index in [0.29, 0.717) is 22.8 Å². The Bertz CT molecular complexity index is 1170. The lowest BCUT2D eigenvalue weighted by Crippen LogP contribution is -2.49. The van der Waals surface area contributed by atoms with Crippen LogP contribution in [0, 0.1) is 29.5 Å². The molecule has 1 aliphatic rings. The van der Waals surface area contributed by atoms with Gasteiger partial charge in [0, 0.05) is 22.4 Å². The zero-order valence-corrected chi connectivity index (χ0v) is 16.7. The molecule has 2 aromatic heterocycles. The van der Waals surface area contributed by atoms with Gasteiger partial charge in [-0.05, 0) is 37.6 Å². The van der Waals surface area contributed by atoms with Crippen LogP contribution in [0.1, 0.15) is 34.4 Å². The van der Waals surface area contributed by atoms with Crippen LogP contribution in [0.2, 0.25) is 5.02 Å². The van der Waals surface area contributed by atoms with E-state index in [9.17, 15) is 4.39 Å². The average Bonchev–Trinajstić information content (AvgIpc) is 3.04. The molecule has 8 heteroatoms. The highest BCUT2D eigenvalue weighted by atomic mass is 35.5. The molecule has 0 spiro atoms. The van der Waals surface area contributed by atoms with Crippen molar-refractivity contribution < 1.29 is 4.39 Å². The number of nitrogens with zero attached hydrogens (tertiary/aromatic N) is 3. The Morgan fingerprint density at radius 3 is 2.93 bits per heavy atom. The number of rotatable bonds is 2. The first kappa shape index (κ1) is 18.5. The topological polar surface area (TPSA) is 85.5 Å². The molecule has 140 valence electrons. The smallest absolute Gasteiger partial charge is 0.140 e. The van der Waals surface area contributed by atoms with Crippen LogP contribution in [-0.2, 0) is 12.0 Å². The summed E-state index contributed by atoms with van der Waals surface area (Å²) in [7, 11) is 0. The molecule has 1 atom stereocenters. The van der Waals surface area contributed by atoms with Crippen LogP contribution in [0.3, 0.4) is 0 Å². The Morgan fingerprint density at radius 2 is 2.18 bits per heavy atom. The number of amidine groups is 1. The van der Waals surface area contributed by atoms with E-state index < -0.39 is 11.4 Å². The molecule has 3 aromatic rings. The van der Waals surface area contributed by atoms with Gasteiger partial charge in [0.25, 0.3) is 0 Å². The molecule has 0 radical (unpaired) electrons. The van der Waals surface area contributed by atoms with Gasteiger partial charge in [-0.25, -0.2) is 14.4 Å². The highest BCUT2D eigenvalue weighted by molar-refractivity contribution is 7.16. The Kier molecular flexibility index (Phi) is 4.41. The first-order chi connectivity index (χ1) is 13.3. The fraction of sp³-hybridized carbons (Fsp3) is 0.200. The molecule has 1 aliphatic heterocycles. The molecule has 4 rings (SSSR count). The van der Waals surface area contributed by atoms with Crippen molar-refractivity contribution in [2.45, 2.75) is 25.8 Å². The van der Waals surface area contributed by atoms with Crippen molar-refractivity contribution in [1.82, 2.24) is 15.3 Å². The van der Waals surface area contributed by atoms with E-state index in [1.807, 2.05) is 26.0 Å². The molecular weight excluding hydrogens is 397 g/mol. The van der Waals surface area contributed by atoms with Crippen LogP contribution in [0.4, 0.5) is 4.39 Å². The van der Waals surface area contributed by atoms with Gasteiger partial charge in [-0.2, -0.15) is 5.26 Å². The summed E-state index contributed by atoms with van der Waals surface area (Å²) in [5.41, 5.74) is 1.60. The molecule has 0 amide bonds. The Hall–Kier alpha value is -2.82. The van der Waals surface area contributed by atoms with Gasteiger partial charge >= 0.3 is 0 Å². The number of hydrogen-bond acceptors (Lipinski definition) is 5. The first-order valence-corrected chi connectivity index (χ1v) is 9.69. The minimum absolute atomic E-state index is 0.00606. The molecule has 1 aromatic carbocycles. The molecular formula is C20H15ClFN5S. The minimum Gasteiger partial charge on any atom is -0.359 e. The second kappa shape index (κ2) is 6.66. The van der Waals surface area contributed by atoms with Crippen molar-refractivity contribution in [3.8, 4) is 16.5 Å². The lowest BCUT2D eigenvalue weighted by Gasteiger charge is -2.36. The molecule has 0 unspecified atom stereocenters. The van der Waals surface area contributed by atoms with Crippen LogP contribution in [0.25, 0.3) is 10.4 Å². The van der Waals surface area contributed by atoms with Gasteiger partial charge in [-0.1, -0.05) is 17.7 Å². The van der Waals surface area contributed by atoms with Crippen LogP contribution in [0.5, 0.6) is 0 Å². The van der Waals surface area contributed by atoms with E-state index >= 15 is 0 Å². The summed E-state index contributed by atoms with van der Waals surface area (Å²) < 4.78 is 13.6. The number of benzene rings is 1. The summed E-state index contributed by atoms with van der Waals surface area (Å²) in [6.45, 7) is 3.80. The Balaban J connectivity index is 1.77. The van der Waals surface area contributed by atoms with Crippen molar-refractivity contribution in [1.29, 1.82) is 10.7 Å². The van der Waals surface area contributed by atoms with Gasteiger partial charge in [-0.15, -0.1) is 11.3 Å². The molecule has 0 fully saturated rings. The molecule has 0 aliphatic carbocycles. The maximum atomic E-state index is 13.6. The second-order valence-electron chi connectivity index (χ2n) is 6.88. The van der Waals surface area contributed by atoms with E-state index in [0.717, 1.165) is 21.0 Å². The van der Waals surface area contributed by atoms with Crippen molar-refractivity contribution in [3.63, 3.8) is 0 Å². The molecule has 5 nitrogen and oxygen atoms in total. The number of halogens is 2. The molecule has 28 heavy (non-hydrogen) atoms. The Morgan fingerprint density at radius 1 is 1.39 bits per heavy atom. The van der Waals surface area contributed by atoms with Gasteiger partial charge in [0.2, 0.25) is 0 Å². The van der Waals surface area contributed by atoms with E-state index in [2.05, 4.69) is 15.3 Å². The maximum absolute atomic E-state index is 13.6. The number of thiophene rings is 1. The van der Waals surface area contributed by atoms with E-state index in [1.165, 1.54) is 23.5 Å². The number of hydrogen-bond donors (Lipinski definition) is 2. The molecule has 0 saturated heterocycles. The maximum Gasteiger partial charge on any atom is 0.140 e. The van der Waals surface area contributed by atoms with Crippen molar-refractivity contribution in [2.75, 3.05) is 0 Å². The molecule has 0 saturated carbocycles. The standard InChI is InChI=1S/C20H15ClFN5S/c1-10-25-9-13-16(26-10)7-20(2,27-19(13)24)18-14(21)6-17(28-18)11-3-4-15(22)12(5-11)8-23/h3-6,9H,7H2,1-2H3,(H2,24,27)/t20-/m0/s1. The Labute approximate surface area is 170 Å². The van der Waals surface area contributed by atoms with Crippen molar-refractivity contribution in [2.24, 2.45) is 0 Å². The van der Waals surface area contributed by atoms with Crippen LogP contribution < -0.4 is 5.32 Å². The van der Waals surface area contributed by atoms with Gasteiger partial charge in [0.1, 0.15) is 23.5 Å². The lowest BCUT2D eigenvalue weighted by atomic mass is 9.87. The fourth-order valence-corrected chi connectivity index (χ4v) is 5.02. The summed E-state index contributed by atoms with van der Waals surface area (Å²) >= 11 is 8.01. The van der Waals surface area contributed by atoms with E-state index in [4.69, 9.17) is 22.3 Å².